The third-order valence-corrected chi connectivity index (χ3v) is 4.54. The minimum absolute atomic E-state index is 0.0366. The molecule has 1 aliphatic rings. The van der Waals surface area contributed by atoms with Gasteiger partial charge >= 0.3 is 12.1 Å². The molecule has 8 heteroatoms. The molecule has 1 atom stereocenters. The molecule has 1 aromatic carbocycles. The van der Waals surface area contributed by atoms with Crippen LogP contribution in [0.1, 0.15) is 46.1 Å². The van der Waals surface area contributed by atoms with Gasteiger partial charge in [0.1, 0.15) is 11.4 Å². The van der Waals surface area contributed by atoms with E-state index in [0.29, 0.717) is 12.8 Å². The van der Waals surface area contributed by atoms with Gasteiger partial charge in [-0.2, -0.15) is 0 Å². The molecule has 1 saturated carbocycles. The molecule has 1 aromatic rings. The smallest absolute Gasteiger partial charge is 0.411 e. The van der Waals surface area contributed by atoms with Gasteiger partial charge in [-0.1, -0.05) is 23.2 Å². The molecule has 1 N–H and O–H groups in total. The summed E-state index contributed by atoms with van der Waals surface area (Å²) in [7, 11) is 0. The number of carbonyl (C=O) groups is 2. The lowest BCUT2D eigenvalue weighted by Gasteiger charge is -2.39. The maximum absolute atomic E-state index is 14.0. The summed E-state index contributed by atoms with van der Waals surface area (Å²) in [5, 5.41) is 9.64. The summed E-state index contributed by atoms with van der Waals surface area (Å²) in [5.41, 5.74) is -2.76. The number of carboxylic acid groups (broad SMARTS) is 1. The Labute approximate surface area is 155 Å². The fraction of sp³-hybridized carbons (Fsp3) is 0.529. The molecule has 0 bridgehead atoms. The van der Waals surface area contributed by atoms with Gasteiger partial charge in [-0.05, 0) is 52.7 Å². The summed E-state index contributed by atoms with van der Waals surface area (Å²) in [5.74, 6) is -2.15. The van der Waals surface area contributed by atoms with Crippen molar-refractivity contribution in [3.05, 3.63) is 33.6 Å². The molecule has 0 radical (unpaired) electrons. The highest BCUT2D eigenvalue weighted by Gasteiger charge is 2.52. The highest BCUT2D eigenvalue weighted by Crippen LogP contribution is 2.43. The number of hydrogen-bond donors (Lipinski definition) is 1. The molecular formula is C17H20Cl2FNO4. The molecular weight excluding hydrogens is 372 g/mol. The number of benzene rings is 1. The maximum Gasteiger partial charge on any atom is 0.411 e. The second kappa shape index (κ2) is 6.65. The van der Waals surface area contributed by atoms with Crippen molar-refractivity contribution in [2.45, 2.75) is 57.7 Å². The average Bonchev–Trinajstić information content (AvgIpc) is 3.25. The van der Waals surface area contributed by atoms with Crippen LogP contribution in [0.25, 0.3) is 0 Å². The van der Waals surface area contributed by atoms with E-state index in [1.807, 2.05) is 0 Å². The Morgan fingerprint density at radius 2 is 1.76 bits per heavy atom. The van der Waals surface area contributed by atoms with Crippen molar-refractivity contribution in [3.63, 3.8) is 0 Å². The number of carboxylic acids is 1. The molecule has 1 amide bonds. The van der Waals surface area contributed by atoms with E-state index in [4.69, 9.17) is 27.9 Å². The number of carbonyl (C=O) groups excluding carboxylic acids is 1. The SMILES string of the molecule is CC(C)(C)OC(=O)N(C1CC1)C(C)(C(=O)O)c1cc(F)c(Cl)cc1Cl. The number of rotatable bonds is 4. The number of nitrogens with zero attached hydrogens (tertiary/aromatic N) is 1. The van der Waals surface area contributed by atoms with E-state index in [1.165, 1.54) is 6.92 Å². The molecule has 25 heavy (non-hydrogen) atoms. The number of aliphatic carboxylic acids is 1. The van der Waals surface area contributed by atoms with Gasteiger partial charge in [0.05, 0.1) is 5.02 Å². The second-order valence-electron chi connectivity index (χ2n) is 7.21. The minimum atomic E-state index is -1.90. The second-order valence-corrected chi connectivity index (χ2v) is 8.02. The molecule has 1 aliphatic carbocycles. The first kappa shape index (κ1) is 19.8. The quantitative estimate of drug-likeness (QED) is 0.746. The standard InChI is InChI=1S/C17H20Cl2FNO4/c1-16(2,3)25-15(24)21(9-5-6-9)17(4,14(22)23)10-7-13(20)12(19)8-11(10)18/h7-9H,5-6H2,1-4H3,(H,22,23). The van der Waals surface area contributed by atoms with Crippen molar-refractivity contribution < 1.29 is 23.8 Å². The van der Waals surface area contributed by atoms with Gasteiger partial charge in [0.25, 0.3) is 0 Å². The molecule has 0 heterocycles. The van der Waals surface area contributed by atoms with E-state index in [-0.39, 0.29) is 21.7 Å². The zero-order chi connectivity index (χ0) is 19.2. The van der Waals surface area contributed by atoms with E-state index >= 15 is 0 Å². The van der Waals surface area contributed by atoms with Crippen molar-refractivity contribution in [3.8, 4) is 0 Å². The van der Waals surface area contributed by atoms with Crippen molar-refractivity contribution in [1.29, 1.82) is 0 Å². The van der Waals surface area contributed by atoms with Crippen LogP contribution in [0.2, 0.25) is 10.0 Å². The van der Waals surface area contributed by atoms with E-state index in [2.05, 4.69) is 0 Å². The third-order valence-electron chi connectivity index (χ3n) is 3.93. The number of halogens is 3. The number of hydrogen-bond acceptors (Lipinski definition) is 3. The summed E-state index contributed by atoms with van der Waals surface area (Å²) in [4.78, 5) is 26.0. The van der Waals surface area contributed by atoms with Crippen molar-refractivity contribution in [2.24, 2.45) is 0 Å². The fourth-order valence-corrected chi connectivity index (χ4v) is 3.15. The highest BCUT2D eigenvalue weighted by atomic mass is 35.5. The third kappa shape index (κ3) is 4.01. The van der Waals surface area contributed by atoms with Gasteiger partial charge in [-0.25, -0.2) is 14.0 Å². The van der Waals surface area contributed by atoms with E-state index in [9.17, 15) is 19.1 Å². The Kier molecular flexibility index (Phi) is 5.26. The lowest BCUT2D eigenvalue weighted by Crippen LogP contribution is -2.55. The Morgan fingerprint density at radius 1 is 1.20 bits per heavy atom. The lowest BCUT2D eigenvalue weighted by molar-refractivity contribution is -0.151. The van der Waals surface area contributed by atoms with Gasteiger partial charge in [0.15, 0.2) is 5.54 Å². The molecule has 138 valence electrons. The first-order valence-electron chi connectivity index (χ1n) is 7.78. The first-order valence-corrected chi connectivity index (χ1v) is 8.54. The van der Waals surface area contributed by atoms with Crippen LogP contribution in [-0.4, -0.2) is 33.7 Å². The van der Waals surface area contributed by atoms with Crippen LogP contribution in [0.15, 0.2) is 12.1 Å². The van der Waals surface area contributed by atoms with Crippen molar-refractivity contribution in [1.82, 2.24) is 4.90 Å². The van der Waals surface area contributed by atoms with Crippen molar-refractivity contribution >= 4 is 35.3 Å². The van der Waals surface area contributed by atoms with Gasteiger partial charge in [-0.15, -0.1) is 0 Å². The summed E-state index contributed by atoms with van der Waals surface area (Å²) >= 11 is 11.9. The van der Waals surface area contributed by atoms with E-state index in [0.717, 1.165) is 17.0 Å². The first-order chi connectivity index (χ1) is 11.4. The molecule has 2 rings (SSSR count). The topological polar surface area (TPSA) is 66.8 Å². The fourth-order valence-electron chi connectivity index (χ4n) is 2.58. The van der Waals surface area contributed by atoms with Gasteiger partial charge in [0, 0.05) is 16.6 Å². The predicted octanol–water partition coefficient (Wildman–Crippen LogP) is 4.83. The van der Waals surface area contributed by atoms with Crippen molar-refractivity contribution in [2.75, 3.05) is 0 Å². The molecule has 1 unspecified atom stereocenters. The van der Waals surface area contributed by atoms with Gasteiger partial charge in [0.2, 0.25) is 0 Å². The number of amides is 1. The monoisotopic (exact) mass is 391 g/mol. The Balaban J connectivity index is 2.59. The normalized spacial score (nSPS) is 16.9. The predicted molar refractivity (Wildman–Crippen MR) is 92.5 cm³/mol. The molecule has 0 aromatic heterocycles. The van der Waals surface area contributed by atoms with Crippen LogP contribution in [0.5, 0.6) is 0 Å². The van der Waals surface area contributed by atoms with Crippen LogP contribution in [0.4, 0.5) is 9.18 Å². The number of ether oxygens (including phenoxy) is 1. The summed E-state index contributed by atoms with van der Waals surface area (Å²) < 4.78 is 19.4. The summed E-state index contributed by atoms with van der Waals surface area (Å²) in [6, 6.07) is 1.78. The molecule has 0 saturated heterocycles. The largest absolute Gasteiger partial charge is 0.479 e. The van der Waals surface area contributed by atoms with Crippen LogP contribution >= 0.6 is 23.2 Å². The van der Waals surface area contributed by atoms with Gasteiger partial charge < -0.3 is 9.84 Å². The van der Waals surface area contributed by atoms with Crippen LogP contribution in [-0.2, 0) is 15.1 Å². The van der Waals surface area contributed by atoms with Crippen LogP contribution < -0.4 is 0 Å². The maximum atomic E-state index is 14.0. The van der Waals surface area contributed by atoms with Gasteiger partial charge in [-0.3, -0.25) is 4.90 Å². The summed E-state index contributed by atoms with van der Waals surface area (Å²) in [6.07, 6.45) is 0.484. The van der Waals surface area contributed by atoms with Crippen LogP contribution in [0.3, 0.4) is 0 Å². The Morgan fingerprint density at radius 3 is 2.20 bits per heavy atom. The summed E-state index contributed by atoms with van der Waals surface area (Å²) in [6.45, 7) is 6.36. The van der Waals surface area contributed by atoms with Crippen LogP contribution in [0, 0.1) is 5.82 Å². The zero-order valence-electron chi connectivity index (χ0n) is 14.4. The molecule has 0 spiro atoms. The Hall–Kier alpha value is -1.53. The lowest BCUT2D eigenvalue weighted by atomic mass is 9.89. The molecule has 0 aliphatic heterocycles. The van der Waals surface area contributed by atoms with E-state index in [1.54, 1.807) is 20.8 Å². The Bertz CT molecular complexity index is 715. The minimum Gasteiger partial charge on any atom is -0.479 e. The molecule has 1 fully saturated rings. The average molecular weight is 392 g/mol. The highest BCUT2D eigenvalue weighted by molar-refractivity contribution is 6.35. The zero-order valence-corrected chi connectivity index (χ0v) is 15.9. The molecule has 5 nitrogen and oxygen atoms in total. The van der Waals surface area contributed by atoms with E-state index < -0.39 is 29.0 Å².